The number of fused-ring (bicyclic) bond motifs is 1. The van der Waals surface area contributed by atoms with Crippen LogP contribution in [0.25, 0.3) is 11.2 Å². The van der Waals surface area contributed by atoms with E-state index in [1.807, 2.05) is 0 Å². The molecule has 7 nitrogen and oxygen atoms in total. The van der Waals surface area contributed by atoms with E-state index in [0.29, 0.717) is 5.82 Å². The average molecular weight is 235 g/mol. The van der Waals surface area contributed by atoms with E-state index in [1.54, 1.807) is 0 Å². The van der Waals surface area contributed by atoms with Crippen LogP contribution in [0.2, 0.25) is 0 Å². The molecule has 2 heterocycles. The summed E-state index contributed by atoms with van der Waals surface area (Å²) < 4.78 is 0. The second kappa shape index (κ2) is 3.30. The molecule has 0 atom stereocenters. The van der Waals surface area contributed by atoms with Gasteiger partial charge in [0.05, 0.1) is 5.54 Å². The fourth-order valence-electron chi connectivity index (χ4n) is 2.41. The number of imidazole rings is 1. The lowest BCUT2D eigenvalue weighted by molar-refractivity contribution is 0.437. The van der Waals surface area contributed by atoms with E-state index in [9.17, 15) is 9.59 Å². The highest BCUT2D eigenvalue weighted by atomic mass is 16.2. The Morgan fingerprint density at radius 2 is 1.82 bits per heavy atom. The Labute approximate surface area is 95.5 Å². The summed E-state index contributed by atoms with van der Waals surface area (Å²) in [6.45, 7) is 0. The zero-order valence-electron chi connectivity index (χ0n) is 9.17. The molecule has 17 heavy (non-hydrogen) atoms. The molecule has 90 valence electrons. The Hall–Kier alpha value is -1.89. The van der Waals surface area contributed by atoms with Gasteiger partial charge in [-0.1, -0.05) is 12.8 Å². The van der Waals surface area contributed by atoms with Crippen molar-refractivity contribution in [2.75, 3.05) is 0 Å². The molecule has 1 aliphatic carbocycles. The van der Waals surface area contributed by atoms with Crippen molar-refractivity contribution in [3.8, 4) is 0 Å². The van der Waals surface area contributed by atoms with E-state index in [-0.39, 0.29) is 11.2 Å². The molecule has 1 fully saturated rings. The van der Waals surface area contributed by atoms with Crippen LogP contribution in [-0.4, -0.2) is 19.9 Å². The quantitative estimate of drug-likeness (QED) is 0.540. The van der Waals surface area contributed by atoms with Crippen LogP contribution in [0.3, 0.4) is 0 Å². The van der Waals surface area contributed by atoms with Gasteiger partial charge in [-0.2, -0.15) is 0 Å². The summed E-state index contributed by atoms with van der Waals surface area (Å²) in [5.74, 6) is 0.581. The molecular formula is C10H13N5O2. The molecule has 1 saturated carbocycles. The number of aromatic amines is 3. The Bertz CT molecular complexity index is 674. The van der Waals surface area contributed by atoms with Crippen LogP contribution in [-0.2, 0) is 5.54 Å². The van der Waals surface area contributed by atoms with Gasteiger partial charge in [-0.15, -0.1) is 0 Å². The Balaban J connectivity index is 2.23. The monoisotopic (exact) mass is 235 g/mol. The summed E-state index contributed by atoms with van der Waals surface area (Å²) in [7, 11) is 0. The number of hydrogen-bond acceptors (Lipinski definition) is 4. The molecule has 2 aromatic rings. The SMILES string of the molecule is NC1(c2nc3[nH]c(=O)[nH]c(=O)c3[nH]2)CCCC1. The second-order valence-corrected chi connectivity index (χ2v) is 4.58. The lowest BCUT2D eigenvalue weighted by atomic mass is 9.99. The third-order valence-electron chi connectivity index (χ3n) is 3.36. The Kier molecular flexibility index (Phi) is 1.99. The third-order valence-corrected chi connectivity index (χ3v) is 3.36. The lowest BCUT2D eigenvalue weighted by Gasteiger charge is -2.19. The number of nitrogens with one attached hydrogen (secondary N) is 3. The molecular weight excluding hydrogens is 222 g/mol. The van der Waals surface area contributed by atoms with Crippen LogP contribution >= 0.6 is 0 Å². The zero-order valence-corrected chi connectivity index (χ0v) is 9.17. The van der Waals surface area contributed by atoms with Crippen molar-refractivity contribution in [1.82, 2.24) is 19.9 Å². The van der Waals surface area contributed by atoms with E-state index in [1.165, 1.54) is 0 Å². The Morgan fingerprint density at radius 3 is 2.53 bits per heavy atom. The topological polar surface area (TPSA) is 120 Å². The molecule has 3 rings (SSSR count). The molecule has 0 spiro atoms. The molecule has 0 saturated heterocycles. The first kappa shape index (κ1) is 10.3. The number of rotatable bonds is 1. The van der Waals surface area contributed by atoms with Crippen molar-refractivity contribution in [1.29, 1.82) is 0 Å². The summed E-state index contributed by atoms with van der Waals surface area (Å²) >= 11 is 0. The summed E-state index contributed by atoms with van der Waals surface area (Å²) in [6, 6.07) is 0. The van der Waals surface area contributed by atoms with Crippen LogP contribution < -0.4 is 17.0 Å². The normalized spacial score (nSPS) is 18.9. The van der Waals surface area contributed by atoms with Crippen molar-refractivity contribution in [2.45, 2.75) is 31.2 Å². The predicted octanol–water partition coefficient (Wildman–Crippen LogP) is -0.333. The minimum atomic E-state index is -0.557. The number of H-pyrrole nitrogens is 3. The fourth-order valence-corrected chi connectivity index (χ4v) is 2.41. The molecule has 0 unspecified atom stereocenters. The van der Waals surface area contributed by atoms with Gasteiger partial charge < -0.3 is 10.7 Å². The lowest BCUT2D eigenvalue weighted by Crippen LogP contribution is -2.34. The van der Waals surface area contributed by atoms with Crippen molar-refractivity contribution in [2.24, 2.45) is 5.73 Å². The predicted molar refractivity (Wildman–Crippen MR) is 61.7 cm³/mol. The number of nitrogens with zero attached hydrogens (tertiary/aromatic N) is 1. The van der Waals surface area contributed by atoms with Gasteiger partial charge in [-0.3, -0.25) is 14.8 Å². The smallest absolute Gasteiger partial charge is 0.327 e. The summed E-state index contributed by atoms with van der Waals surface area (Å²) in [6.07, 6.45) is 3.80. The first-order valence-corrected chi connectivity index (χ1v) is 5.60. The minimum absolute atomic E-state index is 0.269. The summed E-state index contributed by atoms with van der Waals surface area (Å²) in [5, 5.41) is 0. The summed E-state index contributed by atoms with van der Waals surface area (Å²) in [5.41, 5.74) is 5.25. The first-order chi connectivity index (χ1) is 8.08. The molecule has 0 aliphatic heterocycles. The number of nitrogens with two attached hydrogens (primary N) is 1. The fraction of sp³-hybridized carbons (Fsp3) is 0.500. The van der Waals surface area contributed by atoms with Crippen molar-refractivity contribution in [3.63, 3.8) is 0 Å². The van der Waals surface area contributed by atoms with Crippen LogP contribution in [0.15, 0.2) is 9.59 Å². The van der Waals surface area contributed by atoms with Gasteiger partial charge in [-0.05, 0) is 12.8 Å². The molecule has 0 aromatic carbocycles. The van der Waals surface area contributed by atoms with Crippen LogP contribution in [0.4, 0.5) is 0 Å². The summed E-state index contributed by atoms with van der Waals surface area (Å²) in [4.78, 5) is 34.5. The van der Waals surface area contributed by atoms with Gasteiger partial charge in [0.15, 0.2) is 5.65 Å². The maximum absolute atomic E-state index is 11.5. The van der Waals surface area contributed by atoms with Gasteiger partial charge in [0.25, 0.3) is 5.56 Å². The van der Waals surface area contributed by atoms with E-state index in [0.717, 1.165) is 25.7 Å². The first-order valence-electron chi connectivity index (χ1n) is 5.60. The largest absolute Gasteiger partial charge is 0.335 e. The van der Waals surface area contributed by atoms with Crippen molar-refractivity contribution < 1.29 is 0 Å². The maximum Gasteiger partial charge on any atom is 0.327 e. The molecule has 5 N–H and O–H groups in total. The van der Waals surface area contributed by atoms with Gasteiger partial charge in [0, 0.05) is 0 Å². The third kappa shape index (κ3) is 1.50. The maximum atomic E-state index is 11.5. The minimum Gasteiger partial charge on any atom is -0.335 e. The molecule has 0 radical (unpaired) electrons. The van der Waals surface area contributed by atoms with Gasteiger partial charge >= 0.3 is 5.69 Å². The van der Waals surface area contributed by atoms with E-state index >= 15 is 0 Å². The van der Waals surface area contributed by atoms with Crippen LogP contribution in [0, 0.1) is 0 Å². The van der Waals surface area contributed by atoms with E-state index in [2.05, 4.69) is 19.9 Å². The number of hydrogen-bond donors (Lipinski definition) is 4. The van der Waals surface area contributed by atoms with Crippen LogP contribution in [0.5, 0.6) is 0 Å². The van der Waals surface area contributed by atoms with E-state index in [4.69, 9.17) is 5.73 Å². The van der Waals surface area contributed by atoms with Crippen LogP contribution in [0.1, 0.15) is 31.5 Å². The number of aromatic nitrogens is 4. The molecule has 1 aliphatic rings. The van der Waals surface area contributed by atoms with Crippen molar-refractivity contribution in [3.05, 3.63) is 26.7 Å². The molecule has 7 heteroatoms. The highest BCUT2D eigenvalue weighted by molar-refractivity contribution is 5.68. The standard InChI is InChI=1S/C10H13N5O2/c11-10(3-1-2-4-10)8-12-5-6(13-8)14-9(17)15-7(5)16/h1-4,11H2,(H3,12,13,14,15,16,17). The molecule has 0 bridgehead atoms. The average Bonchev–Trinajstić information content (AvgIpc) is 2.84. The Morgan fingerprint density at radius 1 is 1.12 bits per heavy atom. The highest BCUT2D eigenvalue weighted by Crippen LogP contribution is 2.34. The van der Waals surface area contributed by atoms with Gasteiger partial charge in [-0.25, -0.2) is 9.78 Å². The molecule has 2 aromatic heterocycles. The highest BCUT2D eigenvalue weighted by Gasteiger charge is 2.34. The van der Waals surface area contributed by atoms with E-state index < -0.39 is 16.8 Å². The second-order valence-electron chi connectivity index (χ2n) is 4.58. The van der Waals surface area contributed by atoms with Gasteiger partial charge in [0.2, 0.25) is 0 Å². The zero-order chi connectivity index (χ0) is 12.0. The molecule has 0 amide bonds. The van der Waals surface area contributed by atoms with Gasteiger partial charge in [0.1, 0.15) is 11.3 Å². The van der Waals surface area contributed by atoms with Crippen molar-refractivity contribution >= 4 is 11.2 Å².